The van der Waals surface area contributed by atoms with E-state index in [0.717, 1.165) is 27.6 Å². The Bertz CT molecular complexity index is 1300. The molecule has 0 saturated carbocycles. The van der Waals surface area contributed by atoms with Crippen molar-refractivity contribution < 1.29 is 23.9 Å². The maximum absolute atomic E-state index is 12.9. The summed E-state index contributed by atoms with van der Waals surface area (Å²) in [5, 5.41) is 3.17. The molecule has 4 rings (SSSR count). The molecule has 2 aromatic carbocycles. The summed E-state index contributed by atoms with van der Waals surface area (Å²) in [6, 6.07) is 15.7. The molecule has 9 heteroatoms. The SMILES string of the molecule is CCOC(=O)C(C)N1C(=O)S/C(=C/c2cn(CC(=O)Nc3ccccc3)c3ccccc23)C1=O. The van der Waals surface area contributed by atoms with Crippen LogP contribution in [0, 0.1) is 0 Å². The molecule has 174 valence electrons. The third-order valence-electron chi connectivity index (χ3n) is 5.32. The number of nitrogens with one attached hydrogen (secondary N) is 1. The minimum absolute atomic E-state index is 0.0740. The van der Waals surface area contributed by atoms with E-state index in [2.05, 4.69) is 5.32 Å². The van der Waals surface area contributed by atoms with Crippen LogP contribution in [-0.2, 0) is 25.7 Å². The molecule has 1 aromatic heterocycles. The summed E-state index contributed by atoms with van der Waals surface area (Å²) in [6.45, 7) is 3.36. The number of anilines is 1. The number of carbonyl (C=O) groups excluding carboxylic acids is 4. The van der Waals surface area contributed by atoms with Crippen LogP contribution in [0.25, 0.3) is 17.0 Å². The van der Waals surface area contributed by atoms with Crippen LogP contribution in [-0.4, -0.2) is 45.1 Å². The van der Waals surface area contributed by atoms with E-state index in [1.54, 1.807) is 23.8 Å². The molecule has 1 fully saturated rings. The topological polar surface area (TPSA) is 97.7 Å². The molecule has 3 amide bonds. The number of imide groups is 1. The second kappa shape index (κ2) is 9.96. The Kier molecular flexibility index (Phi) is 6.83. The number of ether oxygens (including phenoxy) is 1. The van der Waals surface area contributed by atoms with E-state index in [-0.39, 0.29) is 24.0 Å². The second-order valence-corrected chi connectivity index (χ2v) is 8.62. The molecule has 1 aliphatic heterocycles. The highest BCUT2D eigenvalue weighted by atomic mass is 32.2. The predicted octanol–water partition coefficient (Wildman–Crippen LogP) is 4.27. The summed E-state index contributed by atoms with van der Waals surface area (Å²) >= 11 is 0.776. The van der Waals surface area contributed by atoms with Crippen LogP contribution in [0.5, 0.6) is 0 Å². The van der Waals surface area contributed by atoms with Crippen LogP contribution in [0.15, 0.2) is 65.7 Å². The number of thioether (sulfide) groups is 1. The van der Waals surface area contributed by atoms with Crippen LogP contribution in [0.1, 0.15) is 19.4 Å². The van der Waals surface area contributed by atoms with Crippen molar-refractivity contribution in [1.82, 2.24) is 9.47 Å². The van der Waals surface area contributed by atoms with Gasteiger partial charge in [-0.25, -0.2) is 4.79 Å². The van der Waals surface area contributed by atoms with Gasteiger partial charge in [0.15, 0.2) is 0 Å². The first-order chi connectivity index (χ1) is 16.4. The van der Waals surface area contributed by atoms with Crippen molar-refractivity contribution >= 4 is 57.5 Å². The van der Waals surface area contributed by atoms with Gasteiger partial charge >= 0.3 is 5.97 Å². The van der Waals surface area contributed by atoms with Crippen molar-refractivity contribution in [2.45, 2.75) is 26.4 Å². The molecule has 1 aliphatic rings. The van der Waals surface area contributed by atoms with Gasteiger partial charge in [-0.05, 0) is 49.9 Å². The number of amides is 3. The van der Waals surface area contributed by atoms with Gasteiger partial charge in [0.1, 0.15) is 12.6 Å². The summed E-state index contributed by atoms with van der Waals surface area (Å²) < 4.78 is 6.75. The molecular formula is C25H23N3O5S. The lowest BCUT2D eigenvalue weighted by Crippen LogP contribution is -2.42. The number of carbonyl (C=O) groups is 4. The standard InChI is InChI=1S/C25H23N3O5S/c1-3-33-24(31)16(2)28-23(30)21(34-25(28)32)13-17-14-27(20-12-8-7-11-19(17)20)15-22(29)26-18-9-5-4-6-10-18/h4-14,16H,3,15H2,1-2H3,(H,26,29)/b21-13+. The number of fused-ring (bicyclic) bond motifs is 1. The van der Waals surface area contributed by atoms with Gasteiger partial charge in [-0.15, -0.1) is 0 Å². The van der Waals surface area contributed by atoms with Gasteiger partial charge in [0.25, 0.3) is 11.1 Å². The van der Waals surface area contributed by atoms with E-state index in [1.807, 2.05) is 54.6 Å². The average molecular weight is 478 g/mol. The van der Waals surface area contributed by atoms with Crippen molar-refractivity contribution in [1.29, 1.82) is 0 Å². The number of benzene rings is 2. The zero-order chi connectivity index (χ0) is 24.2. The molecule has 8 nitrogen and oxygen atoms in total. The number of rotatable bonds is 7. The van der Waals surface area contributed by atoms with Gasteiger partial charge in [0.05, 0.1) is 11.5 Å². The van der Waals surface area contributed by atoms with Gasteiger partial charge in [-0.1, -0.05) is 36.4 Å². The lowest BCUT2D eigenvalue weighted by Gasteiger charge is -2.19. The number of esters is 1. The summed E-state index contributed by atoms with van der Waals surface area (Å²) in [5.74, 6) is -1.37. The monoisotopic (exact) mass is 477 g/mol. The quantitative estimate of drug-likeness (QED) is 0.403. The smallest absolute Gasteiger partial charge is 0.329 e. The summed E-state index contributed by atoms with van der Waals surface area (Å²) in [6.07, 6.45) is 3.40. The molecule has 2 heterocycles. The maximum Gasteiger partial charge on any atom is 0.329 e. The minimum atomic E-state index is -1.01. The summed E-state index contributed by atoms with van der Waals surface area (Å²) in [7, 11) is 0. The molecule has 34 heavy (non-hydrogen) atoms. The number of para-hydroxylation sites is 2. The van der Waals surface area contributed by atoms with Gasteiger partial charge in [0.2, 0.25) is 5.91 Å². The van der Waals surface area contributed by atoms with Crippen LogP contribution < -0.4 is 5.32 Å². The van der Waals surface area contributed by atoms with Crippen molar-refractivity contribution in [3.63, 3.8) is 0 Å². The number of aromatic nitrogens is 1. The van der Waals surface area contributed by atoms with Crippen LogP contribution in [0.2, 0.25) is 0 Å². The minimum Gasteiger partial charge on any atom is -0.464 e. The highest BCUT2D eigenvalue weighted by molar-refractivity contribution is 8.18. The van der Waals surface area contributed by atoms with E-state index in [4.69, 9.17) is 4.74 Å². The molecule has 1 N–H and O–H groups in total. The predicted molar refractivity (Wildman–Crippen MR) is 131 cm³/mol. The first kappa shape index (κ1) is 23.3. The van der Waals surface area contributed by atoms with E-state index in [9.17, 15) is 19.2 Å². The fourth-order valence-corrected chi connectivity index (χ4v) is 4.62. The Labute approximate surface area is 200 Å². The van der Waals surface area contributed by atoms with E-state index in [0.29, 0.717) is 11.3 Å². The van der Waals surface area contributed by atoms with Crippen molar-refractivity contribution in [2.75, 3.05) is 11.9 Å². The molecule has 1 atom stereocenters. The Balaban J connectivity index is 1.60. The lowest BCUT2D eigenvalue weighted by molar-refractivity contribution is -0.150. The van der Waals surface area contributed by atoms with E-state index >= 15 is 0 Å². The number of hydrogen-bond acceptors (Lipinski definition) is 6. The van der Waals surface area contributed by atoms with Crippen LogP contribution >= 0.6 is 11.8 Å². The fourth-order valence-electron chi connectivity index (χ4n) is 3.72. The number of hydrogen-bond donors (Lipinski definition) is 1. The Morgan fingerprint density at radius 3 is 2.53 bits per heavy atom. The molecule has 0 spiro atoms. The Morgan fingerprint density at radius 2 is 1.79 bits per heavy atom. The molecule has 3 aromatic rings. The first-order valence-electron chi connectivity index (χ1n) is 10.8. The van der Waals surface area contributed by atoms with Crippen molar-refractivity contribution in [3.05, 3.63) is 71.3 Å². The zero-order valence-electron chi connectivity index (χ0n) is 18.7. The molecule has 0 bridgehead atoms. The summed E-state index contributed by atoms with van der Waals surface area (Å²) in [5.41, 5.74) is 2.21. The van der Waals surface area contributed by atoms with Gasteiger partial charge in [0, 0.05) is 28.4 Å². The van der Waals surface area contributed by atoms with Gasteiger partial charge in [-0.2, -0.15) is 0 Å². The van der Waals surface area contributed by atoms with Gasteiger partial charge < -0.3 is 14.6 Å². The third-order valence-corrected chi connectivity index (χ3v) is 6.20. The van der Waals surface area contributed by atoms with Crippen LogP contribution in [0.4, 0.5) is 10.5 Å². The normalized spacial score (nSPS) is 15.7. The van der Waals surface area contributed by atoms with E-state index < -0.39 is 23.2 Å². The average Bonchev–Trinajstić information content (AvgIpc) is 3.30. The maximum atomic E-state index is 12.9. The zero-order valence-corrected chi connectivity index (χ0v) is 19.5. The lowest BCUT2D eigenvalue weighted by atomic mass is 10.1. The molecule has 0 aliphatic carbocycles. The highest BCUT2D eigenvalue weighted by Gasteiger charge is 2.41. The first-order valence-corrected chi connectivity index (χ1v) is 11.6. The summed E-state index contributed by atoms with van der Waals surface area (Å²) in [4.78, 5) is 51.2. The molecule has 1 unspecified atom stereocenters. The van der Waals surface area contributed by atoms with Crippen molar-refractivity contribution in [2.24, 2.45) is 0 Å². The van der Waals surface area contributed by atoms with Crippen LogP contribution in [0.3, 0.4) is 0 Å². The Morgan fingerprint density at radius 1 is 1.09 bits per heavy atom. The molecule has 0 radical (unpaired) electrons. The Hall–Kier alpha value is -3.85. The highest BCUT2D eigenvalue weighted by Crippen LogP contribution is 2.35. The fraction of sp³-hybridized carbons (Fsp3) is 0.200. The van der Waals surface area contributed by atoms with Crippen molar-refractivity contribution in [3.8, 4) is 0 Å². The van der Waals surface area contributed by atoms with E-state index in [1.165, 1.54) is 6.92 Å². The number of nitrogens with zero attached hydrogens (tertiary/aromatic N) is 2. The molecule has 1 saturated heterocycles. The third kappa shape index (κ3) is 4.74. The molecular weight excluding hydrogens is 454 g/mol. The largest absolute Gasteiger partial charge is 0.464 e. The second-order valence-electron chi connectivity index (χ2n) is 7.62. The van der Waals surface area contributed by atoms with Gasteiger partial charge in [-0.3, -0.25) is 19.3 Å².